The molecule has 4 heteroatoms. The summed E-state index contributed by atoms with van der Waals surface area (Å²) >= 11 is 0. The lowest BCUT2D eigenvalue weighted by Gasteiger charge is -2.25. The normalized spacial score (nSPS) is 14.4. The van der Waals surface area contributed by atoms with Gasteiger partial charge in [0.15, 0.2) is 5.78 Å². The molecule has 4 rings (SSSR count). The van der Waals surface area contributed by atoms with E-state index >= 15 is 0 Å². The van der Waals surface area contributed by atoms with Gasteiger partial charge in [0, 0.05) is 24.1 Å². The SMILES string of the molecule is Cl.O=C(CCN1CCCCC1)c1cc(-c2ccccc2)oc1-c1ccccc1. The predicted octanol–water partition coefficient (Wildman–Crippen LogP) is 6.09. The van der Waals surface area contributed by atoms with Gasteiger partial charge in [-0.25, -0.2) is 0 Å². The third kappa shape index (κ3) is 4.73. The first kappa shape index (κ1) is 20.4. The maximum absolute atomic E-state index is 13.0. The number of hydrogen-bond acceptors (Lipinski definition) is 3. The summed E-state index contributed by atoms with van der Waals surface area (Å²) in [6, 6.07) is 21.8. The molecule has 0 atom stereocenters. The first-order valence-electron chi connectivity index (χ1n) is 9.81. The van der Waals surface area contributed by atoms with Gasteiger partial charge in [-0.15, -0.1) is 12.4 Å². The molecule has 146 valence electrons. The third-order valence-corrected chi connectivity index (χ3v) is 5.23. The second kappa shape index (κ2) is 9.72. The molecule has 1 saturated heterocycles. The van der Waals surface area contributed by atoms with E-state index in [9.17, 15) is 4.79 Å². The molecule has 0 N–H and O–H groups in total. The minimum Gasteiger partial charge on any atom is -0.455 e. The zero-order valence-corrected chi connectivity index (χ0v) is 16.8. The minimum absolute atomic E-state index is 0. The molecular weight excluding hydrogens is 370 g/mol. The van der Waals surface area contributed by atoms with E-state index in [-0.39, 0.29) is 18.2 Å². The Morgan fingerprint density at radius 2 is 1.46 bits per heavy atom. The van der Waals surface area contributed by atoms with Crippen molar-refractivity contribution < 1.29 is 9.21 Å². The second-order valence-electron chi connectivity index (χ2n) is 7.16. The standard InChI is InChI=1S/C24H25NO2.ClH/c26-22(14-17-25-15-8-3-9-16-25)21-18-23(19-10-4-1-5-11-19)27-24(21)20-12-6-2-7-13-20;/h1-2,4-7,10-13,18H,3,8-9,14-17H2;1H. The molecule has 1 fully saturated rings. The summed E-state index contributed by atoms with van der Waals surface area (Å²) in [6.07, 6.45) is 4.33. The number of halogens is 1. The monoisotopic (exact) mass is 395 g/mol. The lowest BCUT2D eigenvalue weighted by Crippen LogP contribution is -2.31. The van der Waals surface area contributed by atoms with E-state index in [1.165, 1.54) is 19.3 Å². The van der Waals surface area contributed by atoms with Gasteiger partial charge in [0.2, 0.25) is 0 Å². The molecule has 0 spiro atoms. The zero-order chi connectivity index (χ0) is 18.5. The van der Waals surface area contributed by atoms with Crippen molar-refractivity contribution >= 4 is 18.2 Å². The molecule has 0 unspecified atom stereocenters. The molecule has 3 aromatic rings. The number of hydrogen-bond donors (Lipinski definition) is 0. The number of likely N-dealkylation sites (tertiary alicyclic amines) is 1. The van der Waals surface area contributed by atoms with Gasteiger partial charge in [0.1, 0.15) is 11.5 Å². The molecule has 0 aliphatic carbocycles. The van der Waals surface area contributed by atoms with Crippen LogP contribution in [0.25, 0.3) is 22.6 Å². The molecule has 0 amide bonds. The van der Waals surface area contributed by atoms with Gasteiger partial charge in [-0.05, 0) is 32.0 Å². The van der Waals surface area contributed by atoms with Crippen LogP contribution in [-0.2, 0) is 0 Å². The van der Waals surface area contributed by atoms with Gasteiger partial charge in [0.05, 0.1) is 5.56 Å². The molecule has 1 aliphatic rings. The fourth-order valence-corrected chi connectivity index (χ4v) is 3.72. The Kier molecular flexibility index (Phi) is 7.07. The van der Waals surface area contributed by atoms with Crippen LogP contribution in [0.15, 0.2) is 71.1 Å². The average molecular weight is 396 g/mol. The maximum Gasteiger partial charge on any atom is 0.168 e. The van der Waals surface area contributed by atoms with Crippen LogP contribution < -0.4 is 0 Å². The summed E-state index contributed by atoms with van der Waals surface area (Å²) in [5.41, 5.74) is 2.63. The van der Waals surface area contributed by atoms with Crippen LogP contribution in [0.4, 0.5) is 0 Å². The number of Topliss-reactive ketones (excluding diaryl/α,β-unsaturated/α-hetero) is 1. The van der Waals surface area contributed by atoms with Crippen LogP contribution in [0.3, 0.4) is 0 Å². The topological polar surface area (TPSA) is 33.5 Å². The van der Waals surface area contributed by atoms with Crippen LogP contribution in [0.2, 0.25) is 0 Å². The number of benzene rings is 2. The van der Waals surface area contributed by atoms with Crippen molar-refractivity contribution in [2.45, 2.75) is 25.7 Å². The molecule has 1 aliphatic heterocycles. The van der Waals surface area contributed by atoms with Gasteiger partial charge in [-0.2, -0.15) is 0 Å². The Labute approximate surface area is 172 Å². The van der Waals surface area contributed by atoms with E-state index in [1.54, 1.807) is 0 Å². The van der Waals surface area contributed by atoms with Crippen LogP contribution in [-0.4, -0.2) is 30.3 Å². The van der Waals surface area contributed by atoms with Crippen molar-refractivity contribution in [2.75, 3.05) is 19.6 Å². The number of ketones is 1. The maximum atomic E-state index is 13.0. The fourth-order valence-electron chi connectivity index (χ4n) is 3.72. The molecule has 0 bridgehead atoms. The van der Waals surface area contributed by atoms with Crippen molar-refractivity contribution in [1.82, 2.24) is 4.90 Å². The van der Waals surface area contributed by atoms with Gasteiger partial charge in [-0.1, -0.05) is 67.1 Å². The fraction of sp³-hybridized carbons (Fsp3) is 0.292. The molecule has 0 saturated carbocycles. The Hall–Kier alpha value is -2.36. The van der Waals surface area contributed by atoms with E-state index < -0.39 is 0 Å². The summed E-state index contributed by atoms with van der Waals surface area (Å²) < 4.78 is 6.17. The predicted molar refractivity (Wildman–Crippen MR) is 116 cm³/mol. The Morgan fingerprint density at radius 3 is 2.11 bits per heavy atom. The zero-order valence-electron chi connectivity index (χ0n) is 16.0. The van der Waals surface area contributed by atoms with Gasteiger partial charge in [-0.3, -0.25) is 4.79 Å². The second-order valence-corrected chi connectivity index (χ2v) is 7.16. The van der Waals surface area contributed by atoms with Crippen LogP contribution in [0.5, 0.6) is 0 Å². The lowest BCUT2D eigenvalue weighted by molar-refractivity contribution is 0.0959. The number of carbonyl (C=O) groups excluding carboxylic acids is 1. The van der Waals surface area contributed by atoms with Gasteiger partial charge < -0.3 is 9.32 Å². The van der Waals surface area contributed by atoms with Crippen molar-refractivity contribution in [3.8, 4) is 22.6 Å². The quantitative estimate of drug-likeness (QED) is 0.473. The first-order valence-corrected chi connectivity index (χ1v) is 9.81. The van der Waals surface area contributed by atoms with Crippen molar-refractivity contribution in [2.24, 2.45) is 0 Å². The van der Waals surface area contributed by atoms with Crippen LogP contribution in [0.1, 0.15) is 36.0 Å². The van der Waals surface area contributed by atoms with Gasteiger partial charge in [0.25, 0.3) is 0 Å². The number of piperidine rings is 1. The first-order chi connectivity index (χ1) is 13.3. The lowest BCUT2D eigenvalue weighted by atomic mass is 10.0. The smallest absolute Gasteiger partial charge is 0.168 e. The summed E-state index contributed by atoms with van der Waals surface area (Å²) in [5.74, 6) is 1.58. The minimum atomic E-state index is 0. The third-order valence-electron chi connectivity index (χ3n) is 5.23. The summed E-state index contributed by atoms with van der Waals surface area (Å²) in [4.78, 5) is 15.4. The van der Waals surface area contributed by atoms with E-state index in [2.05, 4.69) is 4.90 Å². The summed E-state index contributed by atoms with van der Waals surface area (Å²) in [7, 11) is 0. The number of nitrogens with zero attached hydrogens (tertiary/aromatic N) is 1. The van der Waals surface area contributed by atoms with Crippen molar-refractivity contribution in [3.63, 3.8) is 0 Å². The van der Waals surface area contributed by atoms with Gasteiger partial charge >= 0.3 is 0 Å². The molecule has 2 aromatic carbocycles. The highest BCUT2D eigenvalue weighted by Crippen LogP contribution is 2.33. The Bertz CT molecular complexity index is 883. The Balaban J connectivity index is 0.00000225. The van der Waals surface area contributed by atoms with Crippen LogP contribution >= 0.6 is 12.4 Å². The Morgan fingerprint density at radius 1 is 0.857 bits per heavy atom. The van der Waals surface area contributed by atoms with E-state index in [4.69, 9.17) is 4.42 Å². The molecule has 2 heterocycles. The molecule has 28 heavy (non-hydrogen) atoms. The summed E-state index contributed by atoms with van der Waals surface area (Å²) in [5, 5.41) is 0. The molecular formula is C24H26ClNO2. The highest BCUT2D eigenvalue weighted by Gasteiger charge is 2.21. The van der Waals surface area contributed by atoms with Crippen molar-refractivity contribution in [1.29, 1.82) is 0 Å². The highest BCUT2D eigenvalue weighted by atomic mass is 35.5. The molecule has 0 radical (unpaired) electrons. The summed E-state index contributed by atoms with van der Waals surface area (Å²) in [6.45, 7) is 3.05. The molecule has 3 nitrogen and oxygen atoms in total. The highest BCUT2D eigenvalue weighted by molar-refractivity contribution is 6.02. The largest absolute Gasteiger partial charge is 0.455 e. The van der Waals surface area contributed by atoms with E-state index in [0.717, 1.165) is 36.5 Å². The van der Waals surface area contributed by atoms with E-state index in [0.29, 0.717) is 17.7 Å². The van der Waals surface area contributed by atoms with Crippen molar-refractivity contribution in [3.05, 3.63) is 72.3 Å². The number of rotatable bonds is 6. The molecule has 1 aromatic heterocycles. The number of carbonyl (C=O) groups is 1. The average Bonchev–Trinajstić information content (AvgIpc) is 3.20. The van der Waals surface area contributed by atoms with E-state index in [1.807, 2.05) is 66.7 Å². The number of furan rings is 1. The van der Waals surface area contributed by atoms with Crippen LogP contribution in [0, 0.1) is 0 Å².